The van der Waals surface area contributed by atoms with Crippen molar-refractivity contribution in [1.82, 2.24) is 9.62 Å². The van der Waals surface area contributed by atoms with Crippen LogP contribution >= 0.6 is 0 Å². The van der Waals surface area contributed by atoms with Crippen molar-refractivity contribution in [1.29, 1.82) is 0 Å². The maximum absolute atomic E-state index is 13.0. The molecule has 2 amide bonds. The standard InChI is InChI=1S/C24H31N3O4S/c1-16-12-17(2)15-27(14-16)32(30,31)21-10-8-20(9-11-21)24(29)25-13-23(28)26-22-7-5-6-18(3)19(22)4/h5-11,16-17H,12-15H2,1-4H3,(H,25,29)(H,26,28)/t16-,17-/m0/s1. The number of carbonyl (C=O) groups is 2. The SMILES string of the molecule is Cc1cccc(NC(=O)CNC(=O)c2ccc(S(=O)(=O)N3C[C@@H](C)C[C@H](C)C3)cc2)c1C. The highest BCUT2D eigenvalue weighted by Gasteiger charge is 2.31. The van der Waals surface area contributed by atoms with Crippen molar-refractivity contribution in [2.24, 2.45) is 11.8 Å². The molecular weight excluding hydrogens is 426 g/mol. The Morgan fingerprint density at radius 2 is 1.62 bits per heavy atom. The van der Waals surface area contributed by atoms with Gasteiger partial charge >= 0.3 is 0 Å². The molecule has 1 fully saturated rings. The van der Waals surface area contributed by atoms with Crippen molar-refractivity contribution in [2.75, 3.05) is 25.0 Å². The summed E-state index contributed by atoms with van der Waals surface area (Å²) in [6.07, 6.45) is 1.02. The van der Waals surface area contributed by atoms with Gasteiger partial charge in [0.1, 0.15) is 0 Å². The van der Waals surface area contributed by atoms with E-state index in [1.807, 2.05) is 32.0 Å². The number of anilines is 1. The van der Waals surface area contributed by atoms with Gasteiger partial charge in [-0.15, -0.1) is 0 Å². The van der Waals surface area contributed by atoms with Crippen molar-refractivity contribution < 1.29 is 18.0 Å². The molecular formula is C24H31N3O4S. The van der Waals surface area contributed by atoms with E-state index < -0.39 is 15.9 Å². The normalized spacial score (nSPS) is 19.4. The van der Waals surface area contributed by atoms with Crippen molar-refractivity contribution in [3.8, 4) is 0 Å². The van der Waals surface area contributed by atoms with Gasteiger partial charge in [-0.3, -0.25) is 9.59 Å². The van der Waals surface area contributed by atoms with Crippen LogP contribution in [0.5, 0.6) is 0 Å². The zero-order valence-corrected chi connectivity index (χ0v) is 19.8. The van der Waals surface area contributed by atoms with Gasteiger partial charge in [0.15, 0.2) is 0 Å². The van der Waals surface area contributed by atoms with Crippen LogP contribution in [0.1, 0.15) is 41.8 Å². The smallest absolute Gasteiger partial charge is 0.251 e. The van der Waals surface area contributed by atoms with E-state index in [0.29, 0.717) is 36.2 Å². The van der Waals surface area contributed by atoms with Gasteiger partial charge in [-0.25, -0.2) is 8.42 Å². The van der Waals surface area contributed by atoms with Gasteiger partial charge in [0, 0.05) is 24.3 Å². The molecule has 2 atom stereocenters. The highest BCUT2D eigenvalue weighted by molar-refractivity contribution is 7.89. The number of amides is 2. The Bertz CT molecular complexity index is 1090. The Labute approximate surface area is 190 Å². The Kier molecular flexibility index (Phi) is 7.36. The summed E-state index contributed by atoms with van der Waals surface area (Å²) in [5.41, 5.74) is 3.04. The van der Waals surface area contributed by atoms with E-state index >= 15 is 0 Å². The van der Waals surface area contributed by atoms with Crippen LogP contribution in [0.3, 0.4) is 0 Å². The summed E-state index contributed by atoms with van der Waals surface area (Å²) < 4.78 is 27.5. The lowest BCUT2D eigenvalue weighted by atomic mass is 9.94. The van der Waals surface area contributed by atoms with Gasteiger partial charge in [0.25, 0.3) is 5.91 Å². The van der Waals surface area contributed by atoms with Crippen molar-refractivity contribution >= 4 is 27.5 Å². The summed E-state index contributed by atoms with van der Waals surface area (Å²) in [6.45, 7) is 8.82. The second-order valence-electron chi connectivity index (χ2n) is 8.77. The predicted molar refractivity (Wildman–Crippen MR) is 125 cm³/mol. The third-order valence-electron chi connectivity index (χ3n) is 5.88. The first-order valence-corrected chi connectivity index (χ1v) is 12.3. The largest absolute Gasteiger partial charge is 0.343 e. The lowest BCUT2D eigenvalue weighted by molar-refractivity contribution is -0.115. The van der Waals surface area contributed by atoms with Crippen LogP contribution in [0.15, 0.2) is 47.4 Å². The van der Waals surface area contributed by atoms with Crippen molar-refractivity contribution in [3.05, 3.63) is 59.2 Å². The quantitative estimate of drug-likeness (QED) is 0.695. The van der Waals surface area contributed by atoms with Gasteiger partial charge in [0.2, 0.25) is 15.9 Å². The molecule has 1 heterocycles. The molecule has 2 aromatic carbocycles. The zero-order valence-electron chi connectivity index (χ0n) is 19.0. The molecule has 0 aromatic heterocycles. The van der Waals surface area contributed by atoms with Gasteiger partial charge in [0.05, 0.1) is 11.4 Å². The number of benzene rings is 2. The third kappa shape index (κ3) is 5.55. The first-order valence-electron chi connectivity index (χ1n) is 10.8. The molecule has 7 nitrogen and oxygen atoms in total. The molecule has 32 heavy (non-hydrogen) atoms. The van der Waals surface area contributed by atoms with Crippen molar-refractivity contribution in [2.45, 2.75) is 39.0 Å². The first-order chi connectivity index (χ1) is 15.1. The molecule has 0 radical (unpaired) electrons. The van der Waals surface area contributed by atoms with E-state index in [2.05, 4.69) is 24.5 Å². The van der Waals surface area contributed by atoms with Crippen LogP contribution in [-0.2, 0) is 14.8 Å². The monoisotopic (exact) mass is 457 g/mol. The number of carbonyl (C=O) groups excluding carboxylic acids is 2. The molecule has 3 rings (SSSR count). The van der Waals surface area contributed by atoms with Crippen LogP contribution in [0.4, 0.5) is 5.69 Å². The molecule has 1 saturated heterocycles. The summed E-state index contributed by atoms with van der Waals surface area (Å²) in [6, 6.07) is 11.5. The highest BCUT2D eigenvalue weighted by atomic mass is 32.2. The second-order valence-corrected chi connectivity index (χ2v) is 10.7. The number of nitrogens with zero attached hydrogens (tertiary/aromatic N) is 1. The minimum Gasteiger partial charge on any atom is -0.343 e. The molecule has 8 heteroatoms. The maximum atomic E-state index is 13.0. The average molecular weight is 458 g/mol. The number of rotatable bonds is 6. The van der Waals surface area contributed by atoms with Crippen LogP contribution in [0, 0.1) is 25.7 Å². The molecule has 0 unspecified atom stereocenters. The van der Waals surface area contributed by atoms with E-state index in [1.54, 1.807) is 0 Å². The third-order valence-corrected chi connectivity index (χ3v) is 7.72. The summed E-state index contributed by atoms with van der Waals surface area (Å²) in [4.78, 5) is 24.8. The van der Waals surface area contributed by atoms with Gasteiger partial charge in [-0.1, -0.05) is 26.0 Å². The van der Waals surface area contributed by atoms with Gasteiger partial charge in [-0.05, 0) is 73.6 Å². The first kappa shape index (κ1) is 23.9. The molecule has 1 aliphatic rings. The molecule has 2 aromatic rings. The molecule has 0 saturated carbocycles. The molecule has 172 valence electrons. The Hall–Kier alpha value is -2.71. The Balaban J connectivity index is 1.60. The van der Waals surface area contributed by atoms with E-state index in [-0.39, 0.29) is 17.3 Å². The highest BCUT2D eigenvalue weighted by Crippen LogP contribution is 2.26. The number of hydrogen-bond donors (Lipinski definition) is 2. The Morgan fingerprint density at radius 1 is 1.00 bits per heavy atom. The van der Waals surface area contributed by atoms with Crippen LogP contribution in [-0.4, -0.2) is 44.2 Å². The lowest BCUT2D eigenvalue weighted by Crippen LogP contribution is -2.42. The topological polar surface area (TPSA) is 95.6 Å². The molecule has 0 spiro atoms. The number of sulfonamides is 1. The minimum absolute atomic E-state index is 0.169. The fraction of sp³-hybridized carbons (Fsp3) is 0.417. The average Bonchev–Trinajstić information content (AvgIpc) is 2.74. The van der Waals surface area contributed by atoms with E-state index in [0.717, 1.165) is 17.5 Å². The van der Waals surface area contributed by atoms with Crippen molar-refractivity contribution in [3.63, 3.8) is 0 Å². The second kappa shape index (κ2) is 9.83. The fourth-order valence-electron chi connectivity index (χ4n) is 4.07. The van der Waals surface area contributed by atoms with Gasteiger partial charge < -0.3 is 10.6 Å². The zero-order chi connectivity index (χ0) is 23.5. The van der Waals surface area contributed by atoms with Crippen LogP contribution < -0.4 is 10.6 Å². The number of piperidine rings is 1. The molecule has 0 aliphatic carbocycles. The number of aryl methyl sites for hydroxylation is 1. The minimum atomic E-state index is -3.60. The molecule has 0 bridgehead atoms. The Morgan fingerprint density at radius 3 is 2.25 bits per heavy atom. The maximum Gasteiger partial charge on any atom is 0.251 e. The van der Waals surface area contributed by atoms with Crippen LogP contribution in [0.25, 0.3) is 0 Å². The summed E-state index contributed by atoms with van der Waals surface area (Å²) in [5, 5.41) is 5.37. The summed E-state index contributed by atoms with van der Waals surface area (Å²) >= 11 is 0. The number of nitrogens with one attached hydrogen (secondary N) is 2. The van der Waals surface area contributed by atoms with E-state index in [4.69, 9.17) is 0 Å². The predicted octanol–water partition coefficient (Wildman–Crippen LogP) is 3.34. The van der Waals surface area contributed by atoms with E-state index in [1.165, 1.54) is 28.6 Å². The summed E-state index contributed by atoms with van der Waals surface area (Å²) in [7, 11) is -3.60. The number of hydrogen-bond acceptors (Lipinski definition) is 4. The molecule has 2 N–H and O–H groups in total. The molecule has 1 aliphatic heterocycles. The van der Waals surface area contributed by atoms with Gasteiger partial charge in [-0.2, -0.15) is 4.31 Å². The lowest BCUT2D eigenvalue weighted by Gasteiger charge is -2.34. The van der Waals surface area contributed by atoms with E-state index in [9.17, 15) is 18.0 Å². The summed E-state index contributed by atoms with van der Waals surface area (Å²) in [5.74, 6) is -0.147. The fourth-order valence-corrected chi connectivity index (χ4v) is 5.75. The van der Waals surface area contributed by atoms with Crippen LogP contribution in [0.2, 0.25) is 0 Å².